The summed E-state index contributed by atoms with van der Waals surface area (Å²) in [6.07, 6.45) is 8.57. The van der Waals surface area contributed by atoms with Gasteiger partial charge in [0.2, 0.25) is 0 Å². The highest BCUT2D eigenvalue weighted by molar-refractivity contribution is 14.1. The Morgan fingerprint density at radius 2 is 1.78 bits per heavy atom. The van der Waals surface area contributed by atoms with E-state index >= 15 is 0 Å². The van der Waals surface area contributed by atoms with Crippen molar-refractivity contribution in [3.8, 4) is 0 Å². The molecule has 0 bridgehead atoms. The molecule has 0 aromatic carbocycles. The van der Waals surface area contributed by atoms with Gasteiger partial charge in [0, 0.05) is 16.8 Å². The molecule has 1 unspecified atom stereocenters. The van der Waals surface area contributed by atoms with E-state index in [-0.39, 0.29) is 5.41 Å². The molecule has 8 atom stereocenters. The highest BCUT2D eigenvalue weighted by Gasteiger charge is 2.64. The zero-order valence-electron chi connectivity index (χ0n) is 14.8. The summed E-state index contributed by atoms with van der Waals surface area (Å²) in [4.78, 5) is 12.0. The van der Waals surface area contributed by atoms with E-state index in [0.717, 1.165) is 37.5 Å². The van der Waals surface area contributed by atoms with Crippen LogP contribution >= 0.6 is 22.6 Å². The van der Waals surface area contributed by atoms with Gasteiger partial charge < -0.3 is 5.11 Å². The molecule has 0 saturated heterocycles. The van der Waals surface area contributed by atoms with Crippen LogP contribution in [0.4, 0.5) is 0 Å². The average molecular weight is 430 g/mol. The molecule has 0 radical (unpaired) electrons. The number of rotatable bonds is 0. The van der Waals surface area contributed by atoms with Gasteiger partial charge in [0.05, 0.1) is 5.60 Å². The van der Waals surface area contributed by atoms with E-state index in [1.54, 1.807) is 0 Å². The number of Topliss-reactive ketones (excluding diaryl/α,β-unsaturated/α-hetero) is 1. The second kappa shape index (κ2) is 5.18. The fraction of sp³-hybridized carbons (Fsp3) is 0.950. The van der Waals surface area contributed by atoms with E-state index in [2.05, 4.69) is 43.4 Å². The van der Waals surface area contributed by atoms with Crippen LogP contribution in [0.15, 0.2) is 0 Å². The first kappa shape index (κ1) is 16.8. The number of carbonyl (C=O) groups is 1. The Labute approximate surface area is 154 Å². The lowest BCUT2D eigenvalue weighted by Crippen LogP contribution is -2.58. The van der Waals surface area contributed by atoms with Crippen LogP contribution in [-0.2, 0) is 4.79 Å². The van der Waals surface area contributed by atoms with E-state index in [0.29, 0.717) is 27.0 Å². The molecule has 0 heterocycles. The molecular weight excluding hydrogens is 399 g/mol. The summed E-state index contributed by atoms with van der Waals surface area (Å²) in [7, 11) is 0. The molecule has 4 aliphatic carbocycles. The fourth-order valence-corrected chi connectivity index (χ4v) is 8.82. The van der Waals surface area contributed by atoms with Crippen molar-refractivity contribution in [1.29, 1.82) is 0 Å². The number of aliphatic hydroxyl groups is 1. The molecule has 130 valence electrons. The number of carbonyl (C=O) groups excluding carboxylic acids is 1. The van der Waals surface area contributed by atoms with Crippen LogP contribution in [-0.4, -0.2) is 20.4 Å². The van der Waals surface area contributed by atoms with Crippen molar-refractivity contribution < 1.29 is 9.90 Å². The Hall–Kier alpha value is 0.360. The van der Waals surface area contributed by atoms with Crippen molar-refractivity contribution in [2.24, 2.45) is 34.5 Å². The van der Waals surface area contributed by atoms with E-state index in [1.165, 1.54) is 25.7 Å². The highest BCUT2D eigenvalue weighted by atomic mass is 127. The van der Waals surface area contributed by atoms with Gasteiger partial charge in [0.1, 0.15) is 5.78 Å². The van der Waals surface area contributed by atoms with Gasteiger partial charge in [0.15, 0.2) is 0 Å². The minimum Gasteiger partial charge on any atom is -0.390 e. The van der Waals surface area contributed by atoms with Crippen LogP contribution in [0.25, 0.3) is 0 Å². The lowest BCUT2D eigenvalue weighted by molar-refractivity contribution is -0.149. The first-order valence-electron chi connectivity index (χ1n) is 9.57. The molecule has 0 aromatic rings. The van der Waals surface area contributed by atoms with Gasteiger partial charge in [-0.1, -0.05) is 36.4 Å². The summed E-state index contributed by atoms with van der Waals surface area (Å²) in [6, 6.07) is 0. The summed E-state index contributed by atoms with van der Waals surface area (Å²) in [5, 5.41) is 11.0. The Bertz CT molecular complexity index is 530. The smallest absolute Gasteiger partial charge is 0.133 e. The van der Waals surface area contributed by atoms with Gasteiger partial charge in [-0.3, -0.25) is 4.79 Å². The van der Waals surface area contributed by atoms with Crippen LogP contribution in [0, 0.1) is 34.5 Å². The topological polar surface area (TPSA) is 37.3 Å². The summed E-state index contributed by atoms with van der Waals surface area (Å²) in [6.45, 7) is 6.95. The van der Waals surface area contributed by atoms with E-state index in [9.17, 15) is 9.90 Å². The molecule has 4 aliphatic rings. The van der Waals surface area contributed by atoms with Crippen LogP contribution < -0.4 is 0 Å². The van der Waals surface area contributed by atoms with Gasteiger partial charge >= 0.3 is 0 Å². The quantitative estimate of drug-likeness (QED) is 0.444. The van der Waals surface area contributed by atoms with Crippen molar-refractivity contribution >= 4 is 28.4 Å². The largest absolute Gasteiger partial charge is 0.390 e. The minimum atomic E-state index is -0.487. The zero-order chi connectivity index (χ0) is 16.6. The zero-order valence-corrected chi connectivity index (χ0v) is 16.9. The van der Waals surface area contributed by atoms with Crippen molar-refractivity contribution in [3.63, 3.8) is 0 Å². The molecule has 4 saturated carbocycles. The van der Waals surface area contributed by atoms with Gasteiger partial charge in [0.25, 0.3) is 0 Å². The molecule has 0 amide bonds. The average Bonchev–Trinajstić information content (AvgIpc) is 2.72. The number of alkyl halides is 1. The third-order valence-corrected chi connectivity index (χ3v) is 10.4. The fourth-order valence-electron chi connectivity index (χ4n) is 7.21. The number of hydrogen-bond acceptors (Lipinski definition) is 2. The molecular formula is C20H31IO2. The van der Waals surface area contributed by atoms with Crippen molar-refractivity contribution in [2.75, 3.05) is 0 Å². The Kier molecular flexibility index (Phi) is 3.79. The number of fused-ring (bicyclic) bond motifs is 5. The molecule has 4 rings (SSSR count). The molecule has 0 aliphatic heterocycles. The van der Waals surface area contributed by atoms with Gasteiger partial charge in [-0.15, -0.1) is 0 Å². The highest BCUT2D eigenvalue weighted by Crippen LogP contribution is 2.68. The van der Waals surface area contributed by atoms with Crippen LogP contribution in [0.1, 0.15) is 72.1 Å². The number of ketones is 1. The molecule has 1 N–H and O–H groups in total. The Balaban J connectivity index is 1.70. The first-order valence-corrected chi connectivity index (χ1v) is 10.8. The minimum absolute atomic E-state index is 0.102. The molecule has 4 fully saturated rings. The maximum absolute atomic E-state index is 12.0. The monoisotopic (exact) mass is 430 g/mol. The third kappa shape index (κ3) is 2.17. The second-order valence-corrected chi connectivity index (χ2v) is 11.4. The van der Waals surface area contributed by atoms with Crippen molar-refractivity contribution in [3.05, 3.63) is 0 Å². The van der Waals surface area contributed by atoms with E-state index < -0.39 is 5.60 Å². The molecule has 3 heteroatoms. The normalized spacial score (nSPS) is 59.2. The standard InChI is InChI=1S/C20H31IO2/c1-18-7-4-13(22)10-12(18)11-16(21)17-14(18)5-8-19(2)15(17)6-9-20(19,3)23/h12,14-17,23H,4-11H2,1-3H3/t12?,14-,15-,16+,17+,18-,19-,20-/m0/s1. The molecule has 2 nitrogen and oxygen atoms in total. The predicted molar refractivity (Wildman–Crippen MR) is 101 cm³/mol. The lowest BCUT2D eigenvalue weighted by Gasteiger charge is -2.62. The maximum atomic E-state index is 12.0. The number of halogens is 1. The summed E-state index contributed by atoms with van der Waals surface area (Å²) < 4.78 is 0.681. The second-order valence-electron chi connectivity index (χ2n) is 9.76. The Morgan fingerprint density at radius 3 is 2.52 bits per heavy atom. The van der Waals surface area contributed by atoms with Crippen LogP contribution in [0.3, 0.4) is 0 Å². The van der Waals surface area contributed by atoms with Crippen molar-refractivity contribution in [1.82, 2.24) is 0 Å². The molecule has 23 heavy (non-hydrogen) atoms. The lowest BCUT2D eigenvalue weighted by atomic mass is 9.44. The van der Waals surface area contributed by atoms with Gasteiger partial charge in [-0.05, 0) is 80.0 Å². The van der Waals surface area contributed by atoms with E-state index in [1.807, 2.05) is 0 Å². The third-order valence-electron chi connectivity index (χ3n) is 9.02. The maximum Gasteiger partial charge on any atom is 0.133 e. The summed E-state index contributed by atoms with van der Waals surface area (Å²) >= 11 is 2.70. The van der Waals surface area contributed by atoms with Crippen molar-refractivity contribution in [2.45, 2.75) is 81.7 Å². The SMILES string of the molecule is C[C@]12CCC(=O)CC1C[C@@H](I)[C@@H]1[C@@H]2CC[C@@]2(C)[C@H]1CC[C@]2(C)O. The van der Waals surface area contributed by atoms with E-state index in [4.69, 9.17) is 0 Å². The van der Waals surface area contributed by atoms with Crippen LogP contribution in [0.2, 0.25) is 0 Å². The predicted octanol–water partition coefficient (Wildman–Crippen LogP) is 4.76. The summed E-state index contributed by atoms with van der Waals surface area (Å²) in [5.41, 5.74) is -0.0133. The molecule has 0 aromatic heterocycles. The summed E-state index contributed by atoms with van der Waals surface area (Å²) in [5.74, 6) is 3.30. The van der Waals surface area contributed by atoms with Crippen LogP contribution in [0.5, 0.6) is 0 Å². The van der Waals surface area contributed by atoms with Gasteiger partial charge in [-0.2, -0.15) is 0 Å². The van der Waals surface area contributed by atoms with Gasteiger partial charge in [-0.25, -0.2) is 0 Å². The first-order chi connectivity index (χ1) is 10.7. The Morgan fingerprint density at radius 1 is 1.09 bits per heavy atom. The molecule has 0 spiro atoms. The number of hydrogen-bond donors (Lipinski definition) is 1.